The number of anilines is 1. The molecule has 0 radical (unpaired) electrons. The standard InChI is InChI=1S/C20H21ClN2O4/c1-12-8-15(21)4-5-16(12)22-19(24)20(25)23-7-6-13-9-17(26-2)18(27-3)10-14(13)11-23/h4-5,8-10H,6-7,11H2,1-3H3,(H,22,24). The van der Waals surface area contributed by atoms with E-state index in [1.165, 1.54) is 4.90 Å². The Morgan fingerprint density at radius 1 is 1.07 bits per heavy atom. The monoisotopic (exact) mass is 388 g/mol. The normalized spacial score (nSPS) is 13.0. The van der Waals surface area contributed by atoms with Crippen molar-refractivity contribution >= 4 is 29.1 Å². The SMILES string of the molecule is COc1cc2c(cc1OC)CN(C(=O)C(=O)Nc1ccc(Cl)cc1C)CC2. The number of nitrogens with one attached hydrogen (secondary N) is 1. The zero-order chi connectivity index (χ0) is 19.6. The number of ether oxygens (including phenoxy) is 2. The number of carbonyl (C=O) groups excluding carboxylic acids is 2. The van der Waals surface area contributed by atoms with Crippen LogP contribution < -0.4 is 14.8 Å². The molecule has 1 N–H and O–H groups in total. The zero-order valence-corrected chi connectivity index (χ0v) is 16.2. The zero-order valence-electron chi connectivity index (χ0n) is 15.5. The van der Waals surface area contributed by atoms with E-state index in [1.807, 2.05) is 19.1 Å². The summed E-state index contributed by atoms with van der Waals surface area (Å²) in [4.78, 5) is 26.5. The van der Waals surface area contributed by atoms with Crippen molar-refractivity contribution in [2.45, 2.75) is 19.9 Å². The van der Waals surface area contributed by atoms with Gasteiger partial charge in [0.1, 0.15) is 0 Å². The second-order valence-corrected chi connectivity index (χ2v) is 6.80. The molecule has 0 saturated heterocycles. The Morgan fingerprint density at radius 3 is 2.37 bits per heavy atom. The van der Waals surface area contributed by atoms with Crippen LogP contribution in [0.5, 0.6) is 11.5 Å². The third kappa shape index (κ3) is 4.01. The van der Waals surface area contributed by atoms with E-state index in [9.17, 15) is 9.59 Å². The molecule has 0 fully saturated rings. The average molecular weight is 389 g/mol. The lowest BCUT2D eigenvalue weighted by Crippen LogP contribution is -2.42. The lowest BCUT2D eigenvalue weighted by atomic mass is 9.98. The van der Waals surface area contributed by atoms with Gasteiger partial charge < -0.3 is 19.7 Å². The highest BCUT2D eigenvalue weighted by molar-refractivity contribution is 6.39. The minimum atomic E-state index is -0.663. The van der Waals surface area contributed by atoms with Crippen LogP contribution in [0.25, 0.3) is 0 Å². The molecule has 0 atom stereocenters. The molecule has 1 heterocycles. The highest BCUT2D eigenvalue weighted by Gasteiger charge is 2.27. The first-order valence-electron chi connectivity index (χ1n) is 8.53. The van der Waals surface area contributed by atoms with Crippen molar-refractivity contribution in [2.75, 3.05) is 26.1 Å². The molecule has 2 amide bonds. The summed E-state index contributed by atoms with van der Waals surface area (Å²) in [5.41, 5.74) is 3.40. The molecule has 1 aliphatic rings. The summed E-state index contributed by atoms with van der Waals surface area (Å²) < 4.78 is 10.7. The van der Waals surface area contributed by atoms with E-state index in [4.69, 9.17) is 21.1 Å². The van der Waals surface area contributed by atoms with Gasteiger partial charge in [-0.25, -0.2) is 0 Å². The molecule has 0 unspecified atom stereocenters. The van der Waals surface area contributed by atoms with E-state index in [-0.39, 0.29) is 0 Å². The van der Waals surface area contributed by atoms with Gasteiger partial charge in [0.05, 0.1) is 14.2 Å². The molecule has 2 aromatic rings. The van der Waals surface area contributed by atoms with Crippen LogP contribution in [0.2, 0.25) is 5.02 Å². The van der Waals surface area contributed by atoms with E-state index in [1.54, 1.807) is 32.4 Å². The number of carbonyl (C=O) groups is 2. The number of hydrogen-bond donors (Lipinski definition) is 1. The Hall–Kier alpha value is -2.73. The molecule has 0 spiro atoms. The van der Waals surface area contributed by atoms with Gasteiger partial charge in [-0.1, -0.05) is 11.6 Å². The van der Waals surface area contributed by atoms with Crippen molar-refractivity contribution in [1.29, 1.82) is 0 Å². The summed E-state index contributed by atoms with van der Waals surface area (Å²) in [5, 5.41) is 3.24. The number of hydrogen-bond acceptors (Lipinski definition) is 4. The maximum atomic E-state index is 12.6. The molecule has 142 valence electrons. The molecular formula is C20H21ClN2O4. The van der Waals surface area contributed by atoms with Crippen LogP contribution in [0.1, 0.15) is 16.7 Å². The summed E-state index contributed by atoms with van der Waals surface area (Å²) in [6.45, 7) is 2.64. The molecule has 0 saturated carbocycles. The number of fused-ring (bicyclic) bond motifs is 1. The Bertz CT molecular complexity index is 898. The molecule has 1 aliphatic heterocycles. The number of halogens is 1. The minimum absolute atomic E-state index is 0.349. The lowest BCUT2D eigenvalue weighted by Gasteiger charge is -2.29. The second-order valence-electron chi connectivity index (χ2n) is 6.37. The number of methoxy groups -OCH3 is 2. The van der Waals surface area contributed by atoms with E-state index in [2.05, 4.69) is 5.32 Å². The predicted molar refractivity (Wildman–Crippen MR) is 103 cm³/mol. The van der Waals surface area contributed by atoms with Crippen molar-refractivity contribution < 1.29 is 19.1 Å². The van der Waals surface area contributed by atoms with Crippen LogP contribution in [-0.2, 0) is 22.6 Å². The smallest absolute Gasteiger partial charge is 0.313 e. The Balaban J connectivity index is 1.74. The topological polar surface area (TPSA) is 67.9 Å². The fraction of sp³-hybridized carbons (Fsp3) is 0.300. The first-order chi connectivity index (χ1) is 12.9. The van der Waals surface area contributed by atoms with Gasteiger partial charge in [0.25, 0.3) is 0 Å². The summed E-state index contributed by atoms with van der Waals surface area (Å²) in [6, 6.07) is 8.87. The summed E-state index contributed by atoms with van der Waals surface area (Å²) in [5.74, 6) is 0.0351. The van der Waals surface area contributed by atoms with Crippen molar-refractivity contribution in [3.05, 3.63) is 52.0 Å². The van der Waals surface area contributed by atoms with E-state index in [0.717, 1.165) is 16.7 Å². The van der Waals surface area contributed by atoms with Gasteiger partial charge in [0, 0.05) is 23.8 Å². The van der Waals surface area contributed by atoms with Crippen LogP contribution >= 0.6 is 11.6 Å². The van der Waals surface area contributed by atoms with Crippen LogP contribution in [0.3, 0.4) is 0 Å². The molecular weight excluding hydrogens is 368 g/mol. The number of aryl methyl sites for hydroxylation is 1. The van der Waals surface area contributed by atoms with E-state index in [0.29, 0.717) is 41.7 Å². The van der Waals surface area contributed by atoms with Crippen molar-refractivity contribution in [1.82, 2.24) is 4.90 Å². The molecule has 0 aromatic heterocycles. The second kappa shape index (κ2) is 7.88. The summed E-state index contributed by atoms with van der Waals surface area (Å²) >= 11 is 5.92. The maximum Gasteiger partial charge on any atom is 0.313 e. The van der Waals surface area contributed by atoms with Crippen LogP contribution in [0.15, 0.2) is 30.3 Å². The number of benzene rings is 2. The van der Waals surface area contributed by atoms with Gasteiger partial charge in [0.15, 0.2) is 11.5 Å². The number of rotatable bonds is 3. The maximum absolute atomic E-state index is 12.6. The predicted octanol–water partition coefficient (Wildman–Crippen LogP) is 3.19. The Labute approximate surface area is 163 Å². The molecule has 3 rings (SSSR count). The number of amides is 2. The molecule has 7 heteroatoms. The minimum Gasteiger partial charge on any atom is -0.493 e. The van der Waals surface area contributed by atoms with Crippen LogP contribution in [-0.4, -0.2) is 37.5 Å². The van der Waals surface area contributed by atoms with Gasteiger partial charge in [-0.3, -0.25) is 9.59 Å². The Kier molecular flexibility index (Phi) is 5.56. The first-order valence-corrected chi connectivity index (χ1v) is 8.91. The Morgan fingerprint density at radius 2 is 1.74 bits per heavy atom. The van der Waals surface area contributed by atoms with Gasteiger partial charge in [-0.2, -0.15) is 0 Å². The number of nitrogens with zero attached hydrogens (tertiary/aromatic N) is 1. The fourth-order valence-corrected chi connectivity index (χ4v) is 3.37. The fourth-order valence-electron chi connectivity index (χ4n) is 3.14. The van der Waals surface area contributed by atoms with Gasteiger partial charge in [-0.05, 0) is 60.4 Å². The quantitative estimate of drug-likeness (QED) is 0.820. The summed E-state index contributed by atoms with van der Waals surface area (Å²) in [7, 11) is 3.16. The lowest BCUT2D eigenvalue weighted by molar-refractivity contribution is -0.143. The third-order valence-electron chi connectivity index (χ3n) is 4.64. The van der Waals surface area contributed by atoms with Crippen molar-refractivity contribution in [3.8, 4) is 11.5 Å². The largest absolute Gasteiger partial charge is 0.493 e. The first kappa shape index (κ1) is 19.0. The average Bonchev–Trinajstić information content (AvgIpc) is 2.67. The molecule has 27 heavy (non-hydrogen) atoms. The highest BCUT2D eigenvalue weighted by atomic mass is 35.5. The third-order valence-corrected chi connectivity index (χ3v) is 4.87. The van der Waals surface area contributed by atoms with Gasteiger partial charge >= 0.3 is 11.8 Å². The van der Waals surface area contributed by atoms with Gasteiger partial charge in [0.2, 0.25) is 0 Å². The van der Waals surface area contributed by atoms with Crippen molar-refractivity contribution in [2.24, 2.45) is 0 Å². The van der Waals surface area contributed by atoms with Crippen LogP contribution in [0, 0.1) is 6.92 Å². The van der Waals surface area contributed by atoms with E-state index >= 15 is 0 Å². The molecule has 0 aliphatic carbocycles. The van der Waals surface area contributed by atoms with Gasteiger partial charge in [-0.15, -0.1) is 0 Å². The molecule has 2 aromatic carbocycles. The molecule has 0 bridgehead atoms. The summed E-state index contributed by atoms with van der Waals surface area (Å²) in [6.07, 6.45) is 0.648. The molecule has 6 nitrogen and oxygen atoms in total. The van der Waals surface area contributed by atoms with E-state index < -0.39 is 11.8 Å². The highest BCUT2D eigenvalue weighted by Crippen LogP contribution is 2.33. The van der Waals surface area contributed by atoms with Crippen LogP contribution in [0.4, 0.5) is 5.69 Å². The van der Waals surface area contributed by atoms with Crippen molar-refractivity contribution in [3.63, 3.8) is 0 Å².